The van der Waals surface area contributed by atoms with Crippen LogP contribution in [0, 0.1) is 0 Å². The molecular weight excluding hydrogens is 215 g/mol. The molecule has 1 nitrogen and oxygen atoms in total. The van der Waals surface area contributed by atoms with Gasteiger partial charge in [0.1, 0.15) is 0 Å². The van der Waals surface area contributed by atoms with Crippen molar-refractivity contribution in [2.24, 2.45) is 0 Å². The molecule has 1 rings (SSSR count). The summed E-state index contributed by atoms with van der Waals surface area (Å²) in [5.74, 6) is 0. The molecule has 2 heteroatoms. The van der Waals surface area contributed by atoms with Crippen LogP contribution in [0.5, 0.6) is 0 Å². The van der Waals surface area contributed by atoms with E-state index in [1.807, 2.05) is 7.11 Å². The number of hydrogen-bond acceptors (Lipinski definition) is 1. The predicted molar refractivity (Wildman–Crippen MR) is 44.6 cm³/mol. The predicted octanol–water partition coefficient (Wildman–Crippen LogP) is 2.24. The van der Waals surface area contributed by atoms with Crippen molar-refractivity contribution in [3.05, 3.63) is 0 Å². The number of halogens is 1. The Labute approximate surface area is 58.7 Å². The Morgan fingerprint density at radius 2 is 1.75 bits per heavy atom. The second-order valence-corrected chi connectivity index (χ2v) is 7.36. The summed E-state index contributed by atoms with van der Waals surface area (Å²) in [4.78, 5) is 0. The molecular formula is C6H13IO. The first-order valence-electron chi connectivity index (χ1n) is 3.10. The molecule has 1 aliphatic rings. The van der Waals surface area contributed by atoms with E-state index in [-0.39, 0.29) is 0 Å². The third kappa shape index (κ3) is 1.90. The molecule has 1 fully saturated rings. The molecule has 0 spiro atoms. The summed E-state index contributed by atoms with van der Waals surface area (Å²) >= 11 is -0.758. The molecule has 0 atom stereocenters. The van der Waals surface area contributed by atoms with Crippen molar-refractivity contribution in [2.45, 2.75) is 19.3 Å². The summed E-state index contributed by atoms with van der Waals surface area (Å²) in [5.41, 5.74) is 0. The molecule has 0 aromatic carbocycles. The standard InChI is InChI=1S/C6H13IO/c1-8-7-5-3-2-4-6-7/h2-6H2,1H3. The van der Waals surface area contributed by atoms with Gasteiger partial charge in [-0.15, -0.1) is 0 Å². The van der Waals surface area contributed by atoms with Crippen LogP contribution < -0.4 is 0 Å². The summed E-state index contributed by atoms with van der Waals surface area (Å²) in [6.45, 7) is 0. The number of hydrogen-bond donors (Lipinski definition) is 0. The van der Waals surface area contributed by atoms with Crippen LogP contribution in [0.3, 0.4) is 0 Å². The number of rotatable bonds is 1. The molecule has 0 N–H and O–H groups in total. The minimum atomic E-state index is -0.758. The van der Waals surface area contributed by atoms with Gasteiger partial charge >= 0.3 is 58.5 Å². The molecule has 1 aliphatic heterocycles. The topological polar surface area (TPSA) is 9.23 Å². The van der Waals surface area contributed by atoms with Crippen LogP contribution in [-0.4, -0.2) is 16.0 Å². The zero-order valence-electron chi connectivity index (χ0n) is 5.32. The molecule has 0 amide bonds. The normalized spacial score (nSPS) is 25.9. The second-order valence-electron chi connectivity index (χ2n) is 2.00. The fourth-order valence-corrected chi connectivity index (χ4v) is 5.11. The summed E-state index contributed by atoms with van der Waals surface area (Å²) in [7, 11) is 1.89. The van der Waals surface area contributed by atoms with Crippen LogP contribution in [0.4, 0.5) is 0 Å². The molecule has 0 bridgehead atoms. The fraction of sp³-hybridized carbons (Fsp3) is 1.00. The first kappa shape index (κ1) is 6.81. The van der Waals surface area contributed by atoms with Crippen LogP contribution in [-0.2, 0) is 3.07 Å². The Bertz CT molecular complexity index is 59.5. The molecule has 1 saturated heterocycles. The molecule has 50 valence electrons. The van der Waals surface area contributed by atoms with E-state index in [0.29, 0.717) is 0 Å². The average Bonchev–Trinajstić information content (AvgIpc) is 1.90. The van der Waals surface area contributed by atoms with Crippen LogP contribution >= 0.6 is 20.2 Å². The molecule has 8 heavy (non-hydrogen) atoms. The summed E-state index contributed by atoms with van der Waals surface area (Å²) in [6.07, 6.45) is 4.34. The van der Waals surface area contributed by atoms with Crippen molar-refractivity contribution in [1.29, 1.82) is 0 Å². The van der Waals surface area contributed by atoms with Gasteiger partial charge < -0.3 is 0 Å². The summed E-state index contributed by atoms with van der Waals surface area (Å²) in [5, 5.41) is 0. The van der Waals surface area contributed by atoms with Crippen molar-refractivity contribution in [2.75, 3.05) is 16.0 Å². The first-order chi connectivity index (χ1) is 3.93. The van der Waals surface area contributed by atoms with E-state index in [2.05, 4.69) is 0 Å². The summed E-state index contributed by atoms with van der Waals surface area (Å²) < 4.78 is 8.24. The zero-order valence-corrected chi connectivity index (χ0v) is 7.48. The summed E-state index contributed by atoms with van der Waals surface area (Å²) in [6, 6.07) is 0. The fourth-order valence-electron chi connectivity index (χ4n) is 0.913. The van der Waals surface area contributed by atoms with E-state index in [4.69, 9.17) is 3.07 Å². The Hall–Kier alpha value is 0.690. The molecule has 0 aliphatic carbocycles. The van der Waals surface area contributed by atoms with E-state index in [1.165, 1.54) is 28.1 Å². The van der Waals surface area contributed by atoms with Gasteiger partial charge in [-0.2, -0.15) is 0 Å². The second kappa shape index (κ2) is 3.67. The number of alkyl halides is 2. The van der Waals surface area contributed by atoms with Gasteiger partial charge in [0, 0.05) is 0 Å². The first-order valence-corrected chi connectivity index (χ1v) is 7.03. The van der Waals surface area contributed by atoms with Gasteiger partial charge in [-0.1, -0.05) is 0 Å². The maximum atomic E-state index is 5.35. The van der Waals surface area contributed by atoms with E-state index in [1.54, 1.807) is 0 Å². The van der Waals surface area contributed by atoms with E-state index < -0.39 is 20.2 Å². The van der Waals surface area contributed by atoms with Gasteiger partial charge in [-0.25, -0.2) is 0 Å². The molecule has 0 aromatic rings. The Balaban J connectivity index is 2.13. The van der Waals surface area contributed by atoms with Crippen LogP contribution in [0.1, 0.15) is 19.3 Å². The molecule has 0 radical (unpaired) electrons. The van der Waals surface area contributed by atoms with Crippen molar-refractivity contribution in [3.63, 3.8) is 0 Å². The van der Waals surface area contributed by atoms with Gasteiger partial charge in [0.15, 0.2) is 0 Å². The van der Waals surface area contributed by atoms with Crippen LogP contribution in [0.2, 0.25) is 0 Å². The van der Waals surface area contributed by atoms with E-state index >= 15 is 0 Å². The van der Waals surface area contributed by atoms with Crippen LogP contribution in [0.15, 0.2) is 0 Å². The Kier molecular flexibility index (Phi) is 3.12. The van der Waals surface area contributed by atoms with Gasteiger partial charge in [0.25, 0.3) is 0 Å². The molecule has 0 aromatic heterocycles. The molecule has 0 unspecified atom stereocenters. The van der Waals surface area contributed by atoms with Crippen molar-refractivity contribution in [3.8, 4) is 0 Å². The van der Waals surface area contributed by atoms with Gasteiger partial charge in [-0.05, 0) is 0 Å². The third-order valence-corrected chi connectivity index (χ3v) is 6.58. The average molecular weight is 228 g/mol. The van der Waals surface area contributed by atoms with Crippen LogP contribution in [0.25, 0.3) is 0 Å². The quantitative estimate of drug-likeness (QED) is 0.494. The third-order valence-electron chi connectivity index (χ3n) is 1.41. The molecule has 1 heterocycles. The van der Waals surface area contributed by atoms with Crippen molar-refractivity contribution < 1.29 is 3.07 Å². The van der Waals surface area contributed by atoms with Crippen molar-refractivity contribution in [1.82, 2.24) is 0 Å². The van der Waals surface area contributed by atoms with Gasteiger partial charge in [-0.3, -0.25) is 0 Å². The maximum absolute atomic E-state index is 5.35. The van der Waals surface area contributed by atoms with Crippen molar-refractivity contribution >= 4 is 20.2 Å². The Morgan fingerprint density at radius 3 is 2.12 bits per heavy atom. The minimum absolute atomic E-state index is 0.758. The van der Waals surface area contributed by atoms with Gasteiger partial charge in [0.2, 0.25) is 0 Å². The van der Waals surface area contributed by atoms with Gasteiger partial charge in [0.05, 0.1) is 0 Å². The monoisotopic (exact) mass is 228 g/mol. The van der Waals surface area contributed by atoms with E-state index in [9.17, 15) is 0 Å². The van der Waals surface area contributed by atoms with E-state index in [0.717, 1.165) is 0 Å². The zero-order chi connectivity index (χ0) is 5.82. The Morgan fingerprint density at radius 1 is 1.12 bits per heavy atom. The SMILES string of the molecule is COI1CCCCC1. The molecule has 0 saturated carbocycles.